The molecule has 2 heterocycles. The molecular formula is C21H23ClN2OS. The lowest BCUT2D eigenvalue weighted by Gasteiger charge is -2.37. The van der Waals surface area contributed by atoms with Crippen LogP contribution in [-0.2, 0) is 12.8 Å². The Labute approximate surface area is 163 Å². The molecule has 0 spiro atoms. The quantitative estimate of drug-likeness (QED) is 0.739. The third kappa shape index (κ3) is 2.66. The van der Waals surface area contributed by atoms with Gasteiger partial charge in [-0.25, -0.2) is 0 Å². The number of carbonyl (C=O) groups is 1. The second-order valence-electron chi connectivity index (χ2n) is 7.77. The predicted octanol–water partition coefficient (Wildman–Crippen LogP) is 5.65. The van der Waals surface area contributed by atoms with Gasteiger partial charge in [0, 0.05) is 15.9 Å². The average Bonchev–Trinajstić information content (AvgIpc) is 3.41. The van der Waals surface area contributed by atoms with Gasteiger partial charge in [0.25, 0.3) is 5.91 Å². The van der Waals surface area contributed by atoms with Crippen molar-refractivity contribution in [3.63, 3.8) is 0 Å². The van der Waals surface area contributed by atoms with Crippen LogP contribution in [0, 0.1) is 5.92 Å². The summed E-state index contributed by atoms with van der Waals surface area (Å²) < 4.78 is 0. The summed E-state index contributed by atoms with van der Waals surface area (Å²) >= 11 is 7.88. The van der Waals surface area contributed by atoms with E-state index in [1.165, 1.54) is 23.3 Å². The van der Waals surface area contributed by atoms with Gasteiger partial charge in [0.15, 0.2) is 0 Å². The Bertz CT molecular complexity index is 856. The van der Waals surface area contributed by atoms with Gasteiger partial charge in [0.05, 0.1) is 5.56 Å². The van der Waals surface area contributed by atoms with Crippen molar-refractivity contribution < 1.29 is 4.79 Å². The maximum Gasteiger partial charge on any atom is 0.259 e. The zero-order valence-corrected chi connectivity index (χ0v) is 16.5. The van der Waals surface area contributed by atoms with Gasteiger partial charge in [0.2, 0.25) is 0 Å². The third-order valence-electron chi connectivity index (χ3n) is 6.07. The molecule has 1 aromatic heterocycles. The number of rotatable bonds is 3. The molecular weight excluding hydrogens is 364 g/mol. The number of nitrogens with zero attached hydrogens (tertiary/aromatic N) is 1. The van der Waals surface area contributed by atoms with Crippen LogP contribution in [0.1, 0.15) is 65.1 Å². The van der Waals surface area contributed by atoms with Crippen LogP contribution in [0.3, 0.4) is 0 Å². The van der Waals surface area contributed by atoms with Crippen molar-refractivity contribution in [3.05, 3.63) is 50.9 Å². The van der Waals surface area contributed by atoms with Crippen molar-refractivity contribution in [2.75, 3.05) is 5.32 Å². The van der Waals surface area contributed by atoms with E-state index in [1.54, 1.807) is 0 Å². The van der Waals surface area contributed by atoms with Crippen molar-refractivity contribution >= 4 is 33.8 Å². The van der Waals surface area contributed by atoms with Crippen LogP contribution in [-0.4, -0.2) is 16.8 Å². The summed E-state index contributed by atoms with van der Waals surface area (Å²) in [6, 6.07) is 8.26. The van der Waals surface area contributed by atoms with Crippen molar-refractivity contribution in [1.29, 1.82) is 0 Å². The first-order valence-corrected chi connectivity index (χ1v) is 10.8. The van der Waals surface area contributed by atoms with Gasteiger partial charge in [-0.3, -0.25) is 4.79 Å². The average molecular weight is 387 g/mol. The maximum absolute atomic E-state index is 13.5. The van der Waals surface area contributed by atoms with Crippen molar-refractivity contribution in [1.82, 2.24) is 4.90 Å². The summed E-state index contributed by atoms with van der Waals surface area (Å²) in [7, 11) is 0. The normalized spacial score (nSPS) is 24.8. The highest BCUT2D eigenvalue weighted by molar-refractivity contribution is 7.16. The van der Waals surface area contributed by atoms with Gasteiger partial charge in [0.1, 0.15) is 11.2 Å². The lowest BCUT2D eigenvalue weighted by atomic mass is 9.85. The Morgan fingerprint density at radius 3 is 2.69 bits per heavy atom. The molecule has 1 aliphatic heterocycles. The lowest BCUT2D eigenvalue weighted by Crippen LogP contribution is -2.44. The predicted molar refractivity (Wildman–Crippen MR) is 107 cm³/mol. The Morgan fingerprint density at radius 1 is 1.23 bits per heavy atom. The number of amides is 1. The van der Waals surface area contributed by atoms with E-state index in [2.05, 4.69) is 17.1 Å². The third-order valence-corrected chi connectivity index (χ3v) is 7.50. The van der Waals surface area contributed by atoms with E-state index < -0.39 is 0 Å². The molecule has 5 heteroatoms. The molecule has 1 fully saturated rings. The number of hydrogen-bond acceptors (Lipinski definition) is 3. The number of hydrogen-bond donors (Lipinski definition) is 1. The fourth-order valence-corrected chi connectivity index (χ4v) is 5.89. The topological polar surface area (TPSA) is 32.3 Å². The summed E-state index contributed by atoms with van der Waals surface area (Å²) in [6.45, 7) is 2.28. The Hall–Kier alpha value is -1.52. The number of thiophene rings is 1. The zero-order valence-electron chi connectivity index (χ0n) is 14.9. The molecule has 26 heavy (non-hydrogen) atoms. The van der Waals surface area contributed by atoms with Crippen molar-refractivity contribution in [2.24, 2.45) is 5.92 Å². The van der Waals surface area contributed by atoms with Crippen LogP contribution in [0.4, 0.5) is 5.00 Å². The van der Waals surface area contributed by atoms with Gasteiger partial charge < -0.3 is 10.2 Å². The van der Waals surface area contributed by atoms with Crippen LogP contribution in [0.2, 0.25) is 5.02 Å². The molecule has 0 saturated heterocycles. The van der Waals surface area contributed by atoms with Gasteiger partial charge in [-0.1, -0.05) is 37.1 Å². The summed E-state index contributed by atoms with van der Waals surface area (Å²) in [5.74, 6) is 0.998. The van der Waals surface area contributed by atoms with Gasteiger partial charge in [-0.05, 0) is 61.3 Å². The molecule has 2 aromatic rings. The van der Waals surface area contributed by atoms with Crippen LogP contribution in [0.25, 0.3) is 0 Å². The van der Waals surface area contributed by atoms with Crippen LogP contribution in [0.15, 0.2) is 24.3 Å². The van der Waals surface area contributed by atoms with Crippen LogP contribution >= 0.6 is 22.9 Å². The summed E-state index contributed by atoms with van der Waals surface area (Å²) in [5, 5.41) is 5.51. The first-order valence-electron chi connectivity index (χ1n) is 9.65. The van der Waals surface area contributed by atoms with Crippen LogP contribution in [0.5, 0.6) is 0 Å². The minimum atomic E-state index is -0.0816. The van der Waals surface area contributed by atoms with Crippen LogP contribution < -0.4 is 5.32 Å². The van der Waals surface area contributed by atoms with E-state index in [0.717, 1.165) is 52.8 Å². The summed E-state index contributed by atoms with van der Waals surface area (Å²) in [5.41, 5.74) is 3.40. The van der Waals surface area contributed by atoms with Crippen molar-refractivity contribution in [3.8, 4) is 0 Å². The molecule has 3 nitrogen and oxygen atoms in total. The Kier molecular flexibility index (Phi) is 4.02. The molecule has 0 radical (unpaired) electrons. The molecule has 0 bridgehead atoms. The lowest BCUT2D eigenvalue weighted by molar-refractivity contribution is 0.0666. The first kappa shape index (κ1) is 16.6. The van der Waals surface area contributed by atoms with E-state index in [9.17, 15) is 4.79 Å². The monoisotopic (exact) mass is 386 g/mol. The van der Waals surface area contributed by atoms with E-state index in [0.29, 0.717) is 6.04 Å². The molecule has 1 saturated carbocycles. The highest BCUT2D eigenvalue weighted by atomic mass is 35.5. The minimum Gasteiger partial charge on any atom is -0.352 e. The molecule has 5 rings (SSSR count). The molecule has 136 valence electrons. The van der Waals surface area contributed by atoms with Gasteiger partial charge in [-0.15, -0.1) is 11.3 Å². The summed E-state index contributed by atoms with van der Waals surface area (Å²) in [6.07, 6.45) is 6.76. The standard InChI is InChI=1S/C21H23ClN2OS/c1-2-12-3-10-16-17(11-12)26-20-18(16)21(25)24(15-8-9-15)19(23-20)13-4-6-14(22)7-5-13/h4-7,12,15,19,23H,2-3,8-11H2,1H3/t12-,19-/m0/s1. The Morgan fingerprint density at radius 2 is 2.00 bits per heavy atom. The smallest absolute Gasteiger partial charge is 0.259 e. The van der Waals surface area contributed by atoms with E-state index in [4.69, 9.17) is 11.6 Å². The second kappa shape index (κ2) is 6.28. The Balaban J connectivity index is 1.56. The first-order chi connectivity index (χ1) is 12.7. The summed E-state index contributed by atoms with van der Waals surface area (Å²) in [4.78, 5) is 17.0. The van der Waals surface area contributed by atoms with Gasteiger partial charge in [-0.2, -0.15) is 0 Å². The number of anilines is 1. The zero-order chi connectivity index (χ0) is 17.8. The highest BCUT2D eigenvalue weighted by Gasteiger charge is 2.44. The fourth-order valence-electron chi connectivity index (χ4n) is 4.39. The molecule has 1 N–H and O–H groups in total. The molecule has 3 aliphatic rings. The SMILES string of the molecule is CC[C@H]1CCc2c(sc3c2C(=O)N(C2CC2)[C@@H](c2ccc(Cl)cc2)N3)C1. The molecule has 1 aromatic carbocycles. The number of carbonyl (C=O) groups excluding carboxylic acids is 1. The van der Waals surface area contributed by atoms with E-state index in [-0.39, 0.29) is 12.1 Å². The molecule has 0 unspecified atom stereocenters. The minimum absolute atomic E-state index is 0.0816. The largest absolute Gasteiger partial charge is 0.352 e. The molecule has 2 aliphatic carbocycles. The van der Waals surface area contributed by atoms with E-state index >= 15 is 0 Å². The fraction of sp³-hybridized carbons (Fsp3) is 0.476. The van der Waals surface area contributed by atoms with Crippen molar-refractivity contribution in [2.45, 2.75) is 57.7 Å². The second-order valence-corrected chi connectivity index (χ2v) is 9.31. The van der Waals surface area contributed by atoms with Gasteiger partial charge >= 0.3 is 0 Å². The number of benzene rings is 1. The molecule has 2 atom stereocenters. The number of fused-ring (bicyclic) bond motifs is 3. The number of nitrogens with one attached hydrogen (secondary N) is 1. The maximum atomic E-state index is 13.5. The highest BCUT2D eigenvalue weighted by Crippen LogP contribution is 2.48. The molecule has 1 amide bonds. The number of halogens is 1. The van der Waals surface area contributed by atoms with E-state index in [1.807, 2.05) is 35.6 Å².